The maximum Gasteiger partial charge on any atom is 0.338 e. The molecule has 5 nitrogen and oxygen atoms in total. The molecule has 2 aromatic rings. The van der Waals surface area contributed by atoms with Gasteiger partial charge in [-0.1, -0.05) is 12.1 Å². The van der Waals surface area contributed by atoms with E-state index in [0.717, 1.165) is 30.7 Å². The smallest absolute Gasteiger partial charge is 0.338 e. The molecule has 2 heterocycles. The van der Waals surface area contributed by atoms with Gasteiger partial charge in [-0.3, -0.25) is 0 Å². The number of hydrogen-bond acceptors (Lipinski definition) is 4. The van der Waals surface area contributed by atoms with E-state index in [2.05, 4.69) is 5.10 Å². The Morgan fingerprint density at radius 1 is 1.32 bits per heavy atom. The van der Waals surface area contributed by atoms with Crippen LogP contribution in [0.5, 0.6) is 0 Å². The van der Waals surface area contributed by atoms with Gasteiger partial charge in [0.15, 0.2) is 0 Å². The average molecular weight is 300 g/mol. The maximum atomic E-state index is 11.6. The first-order valence-electron chi connectivity index (χ1n) is 7.72. The zero-order chi connectivity index (χ0) is 15.4. The number of carbonyl (C=O) groups is 1. The van der Waals surface area contributed by atoms with Crippen molar-refractivity contribution in [2.75, 3.05) is 13.2 Å². The standard InChI is InChI=1S/C17H20N2O3/c1-2-21-17(20)14-8-6-13(7-9-14)15-10-11-19(18-15)16-5-3-4-12-22-16/h6-11,16H,2-5,12H2,1H3. The molecule has 0 aliphatic carbocycles. The lowest BCUT2D eigenvalue weighted by Gasteiger charge is -2.22. The predicted molar refractivity (Wildman–Crippen MR) is 82.5 cm³/mol. The van der Waals surface area contributed by atoms with Gasteiger partial charge in [-0.2, -0.15) is 5.10 Å². The highest BCUT2D eigenvalue weighted by atomic mass is 16.5. The summed E-state index contributed by atoms with van der Waals surface area (Å²) in [7, 11) is 0. The minimum atomic E-state index is -0.296. The van der Waals surface area contributed by atoms with Crippen molar-refractivity contribution in [1.82, 2.24) is 9.78 Å². The van der Waals surface area contributed by atoms with Gasteiger partial charge >= 0.3 is 5.97 Å². The molecule has 0 saturated carbocycles. The van der Waals surface area contributed by atoms with E-state index in [-0.39, 0.29) is 12.2 Å². The quantitative estimate of drug-likeness (QED) is 0.812. The van der Waals surface area contributed by atoms with Crippen LogP contribution in [-0.2, 0) is 9.47 Å². The number of hydrogen-bond donors (Lipinski definition) is 0. The molecule has 0 bridgehead atoms. The summed E-state index contributed by atoms with van der Waals surface area (Å²) in [6.07, 6.45) is 5.29. The van der Waals surface area contributed by atoms with Gasteiger partial charge in [-0.25, -0.2) is 9.48 Å². The molecule has 0 spiro atoms. The van der Waals surface area contributed by atoms with Crippen LogP contribution in [0.15, 0.2) is 36.5 Å². The summed E-state index contributed by atoms with van der Waals surface area (Å²) in [6, 6.07) is 9.28. The van der Waals surface area contributed by atoms with Crippen LogP contribution in [-0.4, -0.2) is 29.0 Å². The molecule has 1 saturated heterocycles. The Balaban J connectivity index is 1.74. The molecule has 1 aliphatic heterocycles. The molecule has 5 heteroatoms. The van der Waals surface area contributed by atoms with Crippen LogP contribution in [0.1, 0.15) is 42.8 Å². The number of carbonyl (C=O) groups excluding carboxylic acids is 1. The van der Waals surface area contributed by atoms with Gasteiger partial charge in [0.1, 0.15) is 6.23 Å². The summed E-state index contributed by atoms with van der Waals surface area (Å²) in [6.45, 7) is 2.98. The molecule has 1 aromatic carbocycles. The van der Waals surface area contributed by atoms with Crippen LogP contribution in [0, 0.1) is 0 Å². The van der Waals surface area contributed by atoms with Crippen LogP contribution in [0.3, 0.4) is 0 Å². The summed E-state index contributed by atoms with van der Waals surface area (Å²) < 4.78 is 12.6. The van der Waals surface area contributed by atoms with E-state index in [1.807, 2.05) is 29.1 Å². The first-order chi connectivity index (χ1) is 10.8. The molecular formula is C17H20N2O3. The molecule has 3 rings (SSSR count). The minimum Gasteiger partial charge on any atom is -0.462 e. The zero-order valence-corrected chi connectivity index (χ0v) is 12.7. The number of ether oxygens (including phenoxy) is 2. The largest absolute Gasteiger partial charge is 0.462 e. The van der Waals surface area contributed by atoms with E-state index >= 15 is 0 Å². The first-order valence-corrected chi connectivity index (χ1v) is 7.72. The average Bonchev–Trinajstić information content (AvgIpc) is 3.06. The van der Waals surface area contributed by atoms with Crippen molar-refractivity contribution >= 4 is 5.97 Å². The molecule has 0 amide bonds. The Hall–Kier alpha value is -2.14. The normalized spacial score (nSPS) is 18.1. The summed E-state index contributed by atoms with van der Waals surface area (Å²) in [5.74, 6) is -0.296. The lowest BCUT2D eigenvalue weighted by molar-refractivity contribution is -0.0393. The van der Waals surface area contributed by atoms with Crippen molar-refractivity contribution in [2.24, 2.45) is 0 Å². The van der Waals surface area contributed by atoms with Gasteiger partial charge in [0.05, 0.1) is 17.9 Å². The van der Waals surface area contributed by atoms with E-state index in [9.17, 15) is 4.79 Å². The van der Waals surface area contributed by atoms with E-state index < -0.39 is 0 Å². The van der Waals surface area contributed by atoms with E-state index in [4.69, 9.17) is 9.47 Å². The SMILES string of the molecule is CCOC(=O)c1ccc(-c2ccn(C3CCCCO3)n2)cc1. The third-order valence-corrected chi connectivity index (χ3v) is 3.75. The summed E-state index contributed by atoms with van der Waals surface area (Å²) in [5, 5.41) is 4.59. The number of aromatic nitrogens is 2. The second kappa shape index (κ2) is 6.75. The van der Waals surface area contributed by atoms with Gasteiger partial charge in [-0.15, -0.1) is 0 Å². The number of rotatable bonds is 4. The van der Waals surface area contributed by atoms with Gasteiger partial charge in [0, 0.05) is 18.4 Å². The first kappa shape index (κ1) is 14.8. The predicted octanol–water partition coefficient (Wildman–Crippen LogP) is 3.43. The Labute approximate surface area is 129 Å². The molecule has 1 aromatic heterocycles. The van der Waals surface area contributed by atoms with E-state index in [1.165, 1.54) is 6.42 Å². The third-order valence-electron chi connectivity index (χ3n) is 3.75. The van der Waals surface area contributed by atoms with Gasteiger partial charge in [0.25, 0.3) is 0 Å². The van der Waals surface area contributed by atoms with E-state index in [1.54, 1.807) is 19.1 Å². The Kier molecular flexibility index (Phi) is 4.53. The Morgan fingerprint density at radius 2 is 2.14 bits per heavy atom. The Morgan fingerprint density at radius 3 is 2.82 bits per heavy atom. The number of esters is 1. The van der Waals surface area contributed by atoms with E-state index in [0.29, 0.717) is 12.2 Å². The fourth-order valence-corrected chi connectivity index (χ4v) is 2.58. The minimum absolute atomic E-state index is 0.0429. The van der Waals surface area contributed by atoms with Crippen molar-refractivity contribution in [3.63, 3.8) is 0 Å². The molecule has 22 heavy (non-hydrogen) atoms. The van der Waals surface area contributed by atoms with Gasteiger partial charge < -0.3 is 9.47 Å². The summed E-state index contributed by atoms with van der Waals surface area (Å²) in [4.78, 5) is 11.6. The second-order valence-electron chi connectivity index (χ2n) is 5.30. The number of benzene rings is 1. The molecule has 0 N–H and O–H groups in total. The van der Waals surface area contributed by atoms with Crippen molar-refractivity contribution < 1.29 is 14.3 Å². The van der Waals surface area contributed by atoms with Crippen LogP contribution in [0.2, 0.25) is 0 Å². The molecule has 1 fully saturated rings. The van der Waals surface area contributed by atoms with Gasteiger partial charge in [-0.05, 0) is 44.4 Å². The lowest BCUT2D eigenvalue weighted by atomic mass is 10.1. The summed E-state index contributed by atoms with van der Waals surface area (Å²) >= 11 is 0. The topological polar surface area (TPSA) is 53.4 Å². The maximum absolute atomic E-state index is 11.6. The highest BCUT2D eigenvalue weighted by Gasteiger charge is 2.17. The van der Waals surface area contributed by atoms with Crippen molar-refractivity contribution in [2.45, 2.75) is 32.4 Å². The lowest BCUT2D eigenvalue weighted by Crippen LogP contribution is -2.18. The van der Waals surface area contributed by atoms with Crippen LogP contribution >= 0.6 is 0 Å². The van der Waals surface area contributed by atoms with Crippen LogP contribution in [0.25, 0.3) is 11.3 Å². The molecular weight excluding hydrogens is 280 g/mol. The summed E-state index contributed by atoms with van der Waals surface area (Å²) in [5.41, 5.74) is 2.41. The number of nitrogens with zero attached hydrogens (tertiary/aromatic N) is 2. The molecule has 116 valence electrons. The molecule has 1 unspecified atom stereocenters. The fourth-order valence-electron chi connectivity index (χ4n) is 2.58. The second-order valence-corrected chi connectivity index (χ2v) is 5.30. The van der Waals surface area contributed by atoms with Gasteiger partial charge in [0.2, 0.25) is 0 Å². The van der Waals surface area contributed by atoms with Crippen molar-refractivity contribution in [1.29, 1.82) is 0 Å². The monoisotopic (exact) mass is 300 g/mol. The van der Waals surface area contributed by atoms with Crippen LogP contribution in [0.4, 0.5) is 0 Å². The molecule has 1 atom stereocenters. The van der Waals surface area contributed by atoms with Crippen molar-refractivity contribution in [3.8, 4) is 11.3 Å². The Bertz CT molecular complexity index is 628. The third kappa shape index (κ3) is 3.20. The molecule has 1 aliphatic rings. The van der Waals surface area contributed by atoms with Crippen LogP contribution < -0.4 is 0 Å². The highest BCUT2D eigenvalue weighted by molar-refractivity contribution is 5.89. The molecule has 0 radical (unpaired) electrons. The van der Waals surface area contributed by atoms with Crippen molar-refractivity contribution in [3.05, 3.63) is 42.1 Å². The fraction of sp³-hybridized carbons (Fsp3) is 0.412. The highest BCUT2D eigenvalue weighted by Crippen LogP contribution is 2.24. The zero-order valence-electron chi connectivity index (χ0n) is 12.7.